The highest BCUT2D eigenvalue weighted by molar-refractivity contribution is 8.04. The predicted octanol–water partition coefficient (Wildman–Crippen LogP) is 2.85. The van der Waals surface area contributed by atoms with Crippen LogP contribution in [0.15, 0.2) is 34.3 Å². The summed E-state index contributed by atoms with van der Waals surface area (Å²) in [5, 5.41) is 7.51. The Hall–Kier alpha value is -0.960. The number of nitrogens with one attached hydrogen (secondary N) is 2. The second kappa shape index (κ2) is 11.9. The first kappa shape index (κ1) is 25.1. The van der Waals surface area contributed by atoms with Gasteiger partial charge in [0.25, 0.3) is 5.91 Å². The minimum absolute atomic E-state index is 0. The van der Waals surface area contributed by atoms with Crippen LogP contribution in [0.3, 0.4) is 0 Å². The molecule has 28 heavy (non-hydrogen) atoms. The number of aromatic nitrogens is 2. The van der Waals surface area contributed by atoms with Crippen LogP contribution < -0.4 is 10.6 Å². The van der Waals surface area contributed by atoms with Crippen molar-refractivity contribution in [3.63, 3.8) is 0 Å². The molecule has 0 unspecified atom stereocenters. The van der Waals surface area contributed by atoms with Crippen molar-refractivity contribution in [2.45, 2.75) is 17.9 Å². The quantitative estimate of drug-likeness (QED) is 0.664. The second-order valence-electron chi connectivity index (χ2n) is 6.41. The van der Waals surface area contributed by atoms with E-state index in [-0.39, 0.29) is 43.1 Å². The predicted molar refractivity (Wildman–Crippen MR) is 122 cm³/mol. The summed E-state index contributed by atoms with van der Waals surface area (Å²) in [6, 6.07) is 5.98. The van der Waals surface area contributed by atoms with E-state index in [4.69, 9.17) is 0 Å². The average Bonchev–Trinajstić information content (AvgIpc) is 2.88. The van der Waals surface area contributed by atoms with Crippen molar-refractivity contribution in [3.8, 4) is 0 Å². The van der Waals surface area contributed by atoms with Gasteiger partial charge in [0.05, 0.1) is 21.8 Å². The Balaban J connectivity index is 0.00000131. The number of hydrogen-bond acceptors (Lipinski definition) is 5. The normalized spacial score (nSPS) is 16.1. The first-order valence-electron chi connectivity index (χ1n) is 8.88. The molecule has 2 aromatic heterocycles. The van der Waals surface area contributed by atoms with Crippen molar-refractivity contribution in [1.82, 2.24) is 24.9 Å². The van der Waals surface area contributed by atoms with E-state index in [0.717, 1.165) is 60.4 Å². The molecule has 2 aromatic rings. The van der Waals surface area contributed by atoms with Gasteiger partial charge in [-0.25, -0.2) is 4.98 Å². The molecule has 156 valence electrons. The Labute approximate surface area is 188 Å². The summed E-state index contributed by atoms with van der Waals surface area (Å²) < 4.78 is 2.08. The van der Waals surface area contributed by atoms with Crippen LogP contribution in [-0.2, 0) is 4.79 Å². The first-order chi connectivity index (χ1) is 12.3. The maximum atomic E-state index is 12.5. The summed E-state index contributed by atoms with van der Waals surface area (Å²) >= 11 is 1.50. The fourth-order valence-electron chi connectivity index (χ4n) is 3.32. The average molecular weight is 467 g/mol. The molecule has 0 aliphatic carbocycles. The van der Waals surface area contributed by atoms with Crippen LogP contribution >= 0.6 is 49.0 Å². The van der Waals surface area contributed by atoms with Gasteiger partial charge in [-0.2, -0.15) is 0 Å². The number of imidazole rings is 1. The van der Waals surface area contributed by atoms with E-state index < -0.39 is 0 Å². The van der Waals surface area contributed by atoms with E-state index in [1.165, 1.54) is 18.2 Å². The van der Waals surface area contributed by atoms with Crippen molar-refractivity contribution in [1.29, 1.82) is 0 Å². The van der Waals surface area contributed by atoms with E-state index in [2.05, 4.69) is 24.9 Å². The van der Waals surface area contributed by atoms with Gasteiger partial charge in [0.1, 0.15) is 5.65 Å². The molecular formula is C18H26Cl3N5OS. The minimum atomic E-state index is 0. The Morgan fingerprint density at radius 3 is 2.93 bits per heavy atom. The van der Waals surface area contributed by atoms with Crippen LogP contribution in [0.25, 0.3) is 11.7 Å². The highest BCUT2D eigenvalue weighted by Crippen LogP contribution is 2.34. The number of rotatable bonds is 5. The number of pyridine rings is 1. The number of amides is 1. The largest absolute Gasteiger partial charge is 0.352 e. The molecule has 0 bridgehead atoms. The van der Waals surface area contributed by atoms with Crippen molar-refractivity contribution >= 4 is 66.6 Å². The maximum absolute atomic E-state index is 12.5. The van der Waals surface area contributed by atoms with E-state index in [9.17, 15) is 4.79 Å². The molecule has 0 saturated carbocycles. The van der Waals surface area contributed by atoms with E-state index in [1.807, 2.05) is 30.5 Å². The van der Waals surface area contributed by atoms with Crippen molar-refractivity contribution in [3.05, 3.63) is 35.0 Å². The summed E-state index contributed by atoms with van der Waals surface area (Å²) in [7, 11) is 0. The fraction of sp³-hybridized carbons (Fsp3) is 0.444. The molecule has 0 spiro atoms. The SMILES string of the molecule is Cl.Cl.Cl.O=C(NCCCN1CCCNCC1)C1=Cc2cnc3cccc(n23)S1. The third-order valence-corrected chi connectivity index (χ3v) is 5.66. The van der Waals surface area contributed by atoms with Gasteiger partial charge >= 0.3 is 0 Å². The first-order valence-corrected chi connectivity index (χ1v) is 9.70. The number of hydrogen-bond donors (Lipinski definition) is 2. The van der Waals surface area contributed by atoms with Crippen LogP contribution in [0.4, 0.5) is 0 Å². The Kier molecular flexibility index (Phi) is 10.7. The maximum Gasteiger partial charge on any atom is 0.258 e. The molecule has 1 fully saturated rings. The summed E-state index contributed by atoms with van der Waals surface area (Å²) in [4.78, 5) is 20.1. The molecule has 2 N–H and O–H groups in total. The van der Waals surface area contributed by atoms with E-state index in [0.29, 0.717) is 6.54 Å². The smallest absolute Gasteiger partial charge is 0.258 e. The number of carbonyl (C=O) groups excluding carboxylic acids is 1. The lowest BCUT2D eigenvalue weighted by molar-refractivity contribution is -0.116. The third-order valence-electron chi connectivity index (χ3n) is 4.61. The zero-order valence-corrected chi connectivity index (χ0v) is 18.7. The third kappa shape index (κ3) is 5.78. The number of halogens is 3. The Morgan fingerprint density at radius 1 is 1.21 bits per heavy atom. The van der Waals surface area contributed by atoms with Crippen molar-refractivity contribution < 1.29 is 4.79 Å². The van der Waals surface area contributed by atoms with Gasteiger partial charge in [0, 0.05) is 19.6 Å². The Bertz CT molecular complexity index is 806. The van der Waals surface area contributed by atoms with Crippen LogP contribution in [0.1, 0.15) is 18.5 Å². The van der Waals surface area contributed by atoms with Gasteiger partial charge in [-0.3, -0.25) is 9.20 Å². The van der Waals surface area contributed by atoms with Crippen LogP contribution in [0.2, 0.25) is 0 Å². The van der Waals surface area contributed by atoms with Gasteiger partial charge in [-0.05, 0) is 50.7 Å². The Morgan fingerprint density at radius 2 is 2.07 bits per heavy atom. The summed E-state index contributed by atoms with van der Waals surface area (Å²) in [5.41, 5.74) is 1.88. The molecule has 1 amide bonds. The highest BCUT2D eigenvalue weighted by atomic mass is 35.5. The molecular weight excluding hydrogens is 441 g/mol. The monoisotopic (exact) mass is 465 g/mol. The zero-order valence-electron chi connectivity index (χ0n) is 15.4. The highest BCUT2D eigenvalue weighted by Gasteiger charge is 2.19. The summed E-state index contributed by atoms with van der Waals surface area (Å²) in [5.74, 6) is 0.00647. The molecule has 10 heteroatoms. The lowest BCUT2D eigenvalue weighted by atomic mass is 10.3. The molecule has 6 nitrogen and oxygen atoms in total. The van der Waals surface area contributed by atoms with Gasteiger partial charge in [-0.1, -0.05) is 17.8 Å². The topological polar surface area (TPSA) is 61.7 Å². The van der Waals surface area contributed by atoms with Crippen LogP contribution in [0, 0.1) is 0 Å². The van der Waals surface area contributed by atoms with Crippen LogP contribution in [0.5, 0.6) is 0 Å². The zero-order chi connectivity index (χ0) is 17.1. The fourth-order valence-corrected chi connectivity index (χ4v) is 4.32. The molecule has 2 aliphatic rings. The van der Waals surface area contributed by atoms with E-state index >= 15 is 0 Å². The molecule has 4 heterocycles. The minimum Gasteiger partial charge on any atom is -0.352 e. The summed E-state index contributed by atoms with van der Waals surface area (Å²) in [6.45, 7) is 6.18. The van der Waals surface area contributed by atoms with Gasteiger partial charge < -0.3 is 15.5 Å². The van der Waals surface area contributed by atoms with E-state index in [1.54, 1.807) is 0 Å². The number of thioether (sulfide) groups is 1. The molecule has 0 aromatic carbocycles. The molecule has 2 aliphatic heterocycles. The molecule has 0 radical (unpaired) electrons. The van der Waals surface area contributed by atoms with Crippen LogP contribution in [-0.4, -0.2) is 59.5 Å². The molecule has 4 rings (SSSR count). The lowest BCUT2D eigenvalue weighted by Gasteiger charge is -2.19. The van der Waals surface area contributed by atoms with Gasteiger partial charge in [-0.15, -0.1) is 37.2 Å². The van der Waals surface area contributed by atoms with Gasteiger partial charge in [0.2, 0.25) is 0 Å². The van der Waals surface area contributed by atoms with Crippen molar-refractivity contribution in [2.75, 3.05) is 39.3 Å². The van der Waals surface area contributed by atoms with Crippen molar-refractivity contribution in [2.24, 2.45) is 0 Å². The lowest BCUT2D eigenvalue weighted by Crippen LogP contribution is -2.32. The molecule has 0 atom stereocenters. The molecule has 1 saturated heterocycles. The number of nitrogens with zero attached hydrogens (tertiary/aromatic N) is 3. The summed E-state index contributed by atoms with van der Waals surface area (Å²) in [6.07, 6.45) is 5.93. The second-order valence-corrected chi connectivity index (χ2v) is 7.47. The van der Waals surface area contributed by atoms with Gasteiger partial charge in [0.15, 0.2) is 0 Å². The number of carbonyl (C=O) groups is 1. The standard InChI is InChI=1S/C18H23N5OS.3ClH/c24-18(20-7-3-10-22-9-2-6-19-8-11-22)15-12-14-13-21-16-4-1-5-17(25-15)23(14)16;;;/h1,4-5,12-13,19H,2-3,6-11H2,(H,20,24);3*1H.